The third-order valence-corrected chi connectivity index (χ3v) is 2.06. The molecule has 1 heterocycles. The standard InChI is InChI=1S/C11H16N2O/c1-3-9(7-12)6-10-4-5-11(14-2)13-8-10/h4-6,8H,3,7,12H2,1-2H3/b9-6-. The molecule has 2 N–H and O–H groups in total. The van der Waals surface area contributed by atoms with Crippen LogP contribution in [0.15, 0.2) is 23.9 Å². The molecule has 0 aliphatic carbocycles. The van der Waals surface area contributed by atoms with Crippen LogP contribution >= 0.6 is 0 Å². The average molecular weight is 192 g/mol. The maximum atomic E-state index is 5.57. The van der Waals surface area contributed by atoms with Crippen molar-refractivity contribution in [2.75, 3.05) is 13.7 Å². The van der Waals surface area contributed by atoms with Crippen LogP contribution < -0.4 is 10.5 Å². The fourth-order valence-electron chi connectivity index (χ4n) is 1.14. The minimum atomic E-state index is 0.600. The maximum absolute atomic E-state index is 5.57. The molecular weight excluding hydrogens is 176 g/mol. The summed E-state index contributed by atoms with van der Waals surface area (Å²) in [6.45, 7) is 2.69. The fourth-order valence-corrected chi connectivity index (χ4v) is 1.14. The molecule has 0 aliphatic heterocycles. The summed E-state index contributed by atoms with van der Waals surface area (Å²) in [6, 6.07) is 3.81. The number of nitrogens with zero attached hydrogens (tertiary/aromatic N) is 1. The van der Waals surface area contributed by atoms with E-state index in [1.165, 1.54) is 5.57 Å². The van der Waals surface area contributed by atoms with Gasteiger partial charge in [0.2, 0.25) is 5.88 Å². The molecule has 0 unspecified atom stereocenters. The van der Waals surface area contributed by atoms with E-state index >= 15 is 0 Å². The minimum Gasteiger partial charge on any atom is -0.481 e. The van der Waals surface area contributed by atoms with Gasteiger partial charge in [-0.15, -0.1) is 0 Å². The van der Waals surface area contributed by atoms with E-state index in [-0.39, 0.29) is 0 Å². The fraction of sp³-hybridized carbons (Fsp3) is 0.364. The van der Waals surface area contributed by atoms with E-state index in [2.05, 4.69) is 18.0 Å². The highest BCUT2D eigenvalue weighted by molar-refractivity contribution is 5.52. The molecule has 1 aromatic rings. The number of pyridine rings is 1. The quantitative estimate of drug-likeness (QED) is 0.791. The number of hydrogen-bond donors (Lipinski definition) is 1. The Balaban J connectivity index is 2.81. The zero-order valence-corrected chi connectivity index (χ0v) is 8.66. The molecule has 0 saturated carbocycles. The van der Waals surface area contributed by atoms with Crippen molar-refractivity contribution in [2.24, 2.45) is 5.73 Å². The van der Waals surface area contributed by atoms with Gasteiger partial charge in [-0.1, -0.05) is 18.6 Å². The minimum absolute atomic E-state index is 0.600. The van der Waals surface area contributed by atoms with Crippen molar-refractivity contribution in [1.29, 1.82) is 0 Å². The Labute approximate surface area is 84.6 Å². The summed E-state index contributed by atoms with van der Waals surface area (Å²) in [6.07, 6.45) is 4.82. The summed E-state index contributed by atoms with van der Waals surface area (Å²) in [5, 5.41) is 0. The Morgan fingerprint density at radius 1 is 1.57 bits per heavy atom. The molecule has 0 radical (unpaired) electrons. The molecule has 14 heavy (non-hydrogen) atoms. The molecule has 1 rings (SSSR count). The zero-order valence-electron chi connectivity index (χ0n) is 8.66. The molecule has 76 valence electrons. The van der Waals surface area contributed by atoms with Gasteiger partial charge in [0, 0.05) is 18.8 Å². The summed E-state index contributed by atoms with van der Waals surface area (Å²) < 4.78 is 4.97. The highest BCUT2D eigenvalue weighted by Crippen LogP contribution is 2.11. The van der Waals surface area contributed by atoms with E-state index in [1.54, 1.807) is 13.3 Å². The van der Waals surface area contributed by atoms with Gasteiger partial charge < -0.3 is 10.5 Å². The Bertz CT molecular complexity index is 298. The summed E-state index contributed by atoms with van der Waals surface area (Å²) in [4.78, 5) is 4.11. The van der Waals surface area contributed by atoms with Crippen LogP contribution in [0, 0.1) is 0 Å². The van der Waals surface area contributed by atoms with Crippen LogP contribution in [0.5, 0.6) is 5.88 Å². The predicted molar refractivity (Wildman–Crippen MR) is 58.1 cm³/mol. The third-order valence-electron chi connectivity index (χ3n) is 2.06. The number of rotatable bonds is 4. The predicted octanol–water partition coefficient (Wildman–Crippen LogP) is 1.84. The lowest BCUT2D eigenvalue weighted by molar-refractivity contribution is 0.398. The van der Waals surface area contributed by atoms with Crippen LogP contribution in [-0.2, 0) is 0 Å². The second-order valence-corrected chi connectivity index (χ2v) is 2.99. The molecular formula is C11H16N2O. The number of ether oxygens (including phenoxy) is 1. The molecule has 0 aromatic carbocycles. The van der Waals surface area contributed by atoms with Crippen LogP contribution in [0.1, 0.15) is 18.9 Å². The highest BCUT2D eigenvalue weighted by atomic mass is 16.5. The van der Waals surface area contributed by atoms with Crippen molar-refractivity contribution in [3.05, 3.63) is 29.5 Å². The van der Waals surface area contributed by atoms with E-state index in [0.717, 1.165) is 12.0 Å². The maximum Gasteiger partial charge on any atom is 0.212 e. The topological polar surface area (TPSA) is 48.1 Å². The van der Waals surface area contributed by atoms with Gasteiger partial charge in [0.05, 0.1) is 7.11 Å². The molecule has 0 bridgehead atoms. The van der Waals surface area contributed by atoms with E-state index < -0.39 is 0 Å². The average Bonchev–Trinajstić information content (AvgIpc) is 2.26. The molecule has 3 heteroatoms. The number of methoxy groups -OCH3 is 1. The first-order valence-corrected chi connectivity index (χ1v) is 4.69. The van der Waals surface area contributed by atoms with Gasteiger partial charge in [0.1, 0.15) is 0 Å². The van der Waals surface area contributed by atoms with E-state index in [9.17, 15) is 0 Å². The number of aromatic nitrogens is 1. The second kappa shape index (κ2) is 5.40. The van der Waals surface area contributed by atoms with Gasteiger partial charge in [-0.3, -0.25) is 0 Å². The molecule has 0 fully saturated rings. The van der Waals surface area contributed by atoms with Gasteiger partial charge in [0.25, 0.3) is 0 Å². The molecule has 3 nitrogen and oxygen atoms in total. The third kappa shape index (κ3) is 2.85. The monoisotopic (exact) mass is 192 g/mol. The second-order valence-electron chi connectivity index (χ2n) is 2.99. The molecule has 1 aromatic heterocycles. The van der Waals surface area contributed by atoms with Gasteiger partial charge in [-0.25, -0.2) is 4.98 Å². The normalized spacial score (nSPS) is 11.5. The van der Waals surface area contributed by atoms with Gasteiger partial charge in [-0.2, -0.15) is 0 Å². The molecule has 0 spiro atoms. The highest BCUT2D eigenvalue weighted by Gasteiger charge is 1.94. The van der Waals surface area contributed by atoms with Gasteiger partial charge in [-0.05, 0) is 18.1 Å². The largest absolute Gasteiger partial charge is 0.481 e. The molecule has 0 amide bonds. The van der Waals surface area contributed by atoms with Crippen molar-refractivity contribution < 1.29 is 4.74 Å². The van der Waals surface area contributed by atoms with Crippen LogP contribution in [-0.4, -0.2) is 18.6 Å². The summed E-state index contributed by atoms with van der Waals surface area (Å²) in [5.74, 6) is 0.632. The van der Waals surface area contributed by atoms with Crippen molar-refractivity contribution in [1.82, 2.24) is 4.98 Å². The smallest absolute Gasteiger partial charge is 0.212 e. The Hall–Kier alpha value is -1.35. The lowest BCUT2D eigenvalue weighted by atomic mass is 10.1. The van der Waals surface area contributed by atoms with E-state index in [1.807, 2.05) is 12.1 Å². The van der Waals surface area contributed by atoms with Crippen molar-refractivity contribution in [3.63, 3.8) is 0 Å². The van der Waals surface area contributed by atoms with Crippen molar-refractivity contribution >= 4 is 6.08 Å². The van der Waals surface area contributed by atoms with E-state index in [0.29, 0.717) is 12.4 Å². The molecule has 0 aliphatic rings. The number of nitrogens with two attached hydrogens (primary N) is 1. The Morgan fingerprint density at radius 2 is 2.36 bits per heavy atom. The van der Waals surface area contributed by atoms with Gasteiger partial charge in [0.15, 0.2) is 0 Å². The lowest BCUT2D eigenvalue weighted by Gasteiger charge is -2.01. The Kier molecular flexibility index (Phi) is 4.13. The Morgan fingerprint density at radius 3 is 2.79 bits per heavy atom. The summed E-state index contributed by atoms with van der Waals surface area (Å²) in [5.41, 5.74) is 7.86. The molecule has 0 atom stereocenters. The first kappa shape index (κ1) is 10.7. The van der Waals surface area contributed by atoms with Crippen molar-refractivity contribution in [2.45, 2.75) is 13.3 Å². The summed E-state index contributed by atoms with van der Waals surface area (Å²) >= 11 is 0. The molecule has 0 saturated heterocycles. The van der Waals surface area contributed by atoms with Gasteiger partial charge >= 0.3 is 0 Å². The van der Waals surface area contributed by atoms with Crippen molar-refractivity contribution in [3.8, 4) is 5.88 Å². The first-order valence-electron chi connectivity index (χ1n) is 4.69. The number of hydrogen-bond acceptors (Lipinski definition) is 3. The first-order chi connectivity index (χ1) is 6.80. The van der Waals surface area contributed by atoms with Crippen LogP contribution in [0.25, 0.3) is 6.08 Å². The summed E-state index contributed by atoms with van der Waals surface area (Å²) in [7, 11) is 1.61. The lowest BCUT2D eigenvalue weighted by Crippen LogP contribution is -2.01. The SMILES string of the molecule is CC/C(=C/c1ccc(OC)nc1)CN. The van der Waals surface area contributed by atoms with Crippen LogP contribution in [0.3, 0.4) is 0 Å². The van der Waals surface area contributed by atoms with E-state index in [4.69, 9.17) is 10.5 Å². The van der Waals surface area contributed by atoms with Crippen LogP contribution in [0.2, 0.25) is 0 Å². The zero-order chi connectivity index (χ0) is 10.4. The van der Waals surface area contributed by atoms with Crippen LogP contribution in [0.4, 0.5) is 0 Å².